The summed E-state index contributed by atoms with van der Waals surface area (Å²) in [5.74, 6) is -2.66. The molecule has 200 valence electrons. The molecule has 0 saturated heterocycles. The minimum absolute atomic E-state index is 0.0542. The highest BCUT2D eigenvalue weighted by Gasteiger charge is 2.54. The van der Waals surface area contributed by atoms with Gasteiger partial charge in [0.15, 0.2) is 5.82 Å². The van der Waals surface area contributed by atoms with Crippen LogP contribution in [0.25, 0.3) is 0 Å². The van der Waals surface area contributed by atoms with Gasteiger partial charge in [0, 0.05) is 11.9 Å². The Kier molecular flexibility index (Phi) is 7.08. The number of primary amides is 1. The van der Waals surface area contributed by atoms with Crippen LogP contribution in [0.5, 0.6) is 0 Å². The number of nitrogens with one attached hydrogen (secondary N) is 1. The maximum absolute atomic E-state index is 12.8. The molecule has 0 spiro atoms. The van der Waals surface area contributed by atoms with Crippen molar-refractivity contribution in [1.29, 1.82) is 5.26 Å². The number of sulfone groups is 1. The number of nitriles is 1. The fraction of sp³-hybridized carbons (Fsp3) is 0.478. The molecule has 37 heavy (non-hydrogen) atoms. The molecule has 1 aliphatic carbocycles. The number of benzene rings is 1. The molecule has 2 aromatic rings. The van der Waals surface area contributed by atoms with Gasteiger partial charge in [-0.3, -0.25) is 14.3 Å². The van der Waals surface area contributed by atoms with E-state index in [-0.39, 0.29) is 36.3 Å². The molecule has 1 aromatic carbocycles. The molecule has 1 aromatic heterocycles. The van der Waals surface area contributed by atoms with Crippen LogP contribution in [0.1, 0.15) is 56.4 Å². The number of aliphatic carboxylic acids is 1. The SMILES string of the molecule is CC(C)(C)C1(C(=O)O)CCC(n2cc(C(N)=O)c(Nc3ccc(S(=O)(=O)C(F)(F)F)cc3)n2)C(C#N)C1. The lowest BCUT2D eigenvalue weighted by Crippen LogP contribution is -2.48. The highest BCUT2D eigenvalue weighted by atomic mass is 32.2. The van der Waals surface area contributed by atoms with Crippen molar-refractivity contribution in [3.8, 4) is 6.07 Å². The third-order valence-electron chi connectivity index (χ3n) is 6.98. The number of rotatable bonds is 6. The Balaban J connectivity index is 1.92. The number of carboxylic acid groups (broad SMARTS) is 1. The largest absolute Gasteiger partial charge is 0.501 e. The van der Waals surface area contributed by atoms with E-state index in [1.807, 2.05) is 20.8 Å². The summed E-state index contributed by atoms with van der Waals surface area (Å²) >= 11 is 0. The van der Waals surface area contributed by atoms with Gasteiger partial charge in [0.05, 0.1) is 28.3 Å². The number of hydrogen-bond acceptors (Lipinski definition) is 7. The van der Waals surface area contributed by atoms with Gasteiger partial charge in [0.25, 0.3) is 15.7 Å². The number of alkyl halides is 3. The molecule has 10 nitrogen and oxygen atoms in total. The minimum atomic E-state index is -5.53. The lowest BCUT2D eigenvalue weighted by molar-refractivity contribution is -0.161. The van der Waals surface area contributed by atoms with Gasteiger partial charge in [0.2, 0.25) is 0 Å². The van der Waals surface area contributed by atoms with E-state index >= 15 is 0 Å². The highest BCUT2D eigenvalue weighted by molar-refractivity contribution is 7.92. The first kappa shape index (κ1) is 28.0. The molecule has 3 atom stereocenters. The number of amides is 1. The zero-order chi connectivity index (χ0) is 28.0. The molecular formula is C23H26F3N5O5S. The van der Waals surface area contributed by atoms with Crippen molar-refractivity contribution in [2.45, 2.75) is 56.5 Å². The van der Waals surface area contributed by atoms with Crippen LogP contribution < -0.4 is 11.1 Å². The summed E-state index contributed by atoms with van der Waals surface area (Å²) in [4.78, 5) is 23.3. The van der Waals surface area contributed by atoms with E-state index in [0.29, 0.717) is 0 Å². The van der Waals surface area contributed by atoms with Crippen molar-refractivity contribution in [3.05, 3.63) is 36.0 Å². The van der Waals surface area contributed by atoms with E-state index in [9.17, 15) is 41.5 Å². The number of carboxylic acids is 1. The number of nitrogens with two attached hydrogens (primary N) is 1. The average molecular weight is 542 g/mol. The fourth-order valence-corrected chi connectivity index (χ4v) is 5.44. The minimum Gasteiger partial charge on any atom is -0.481 e. The molecular weight excluding hydrogens is 515 g/mol. The van der Waals surface area contributed by atoms with E-state index in [2.05, 4.69) is 16.5 Å². The predicted molar refractivity (Wildman–Crippen MR) is 125 cm³/mol. The molecule has 1 aliphatic rings. The Bertz CT molecular complexity index is 1360. The standard InChI is InChI=1S/C23H26F3N5O5S/c1-21(2,3)22(20(33)34)9-8-17(13(10-22)11-27)31-12-16(18(28)32)19(30-31)29-14-4-6-15(7-5-14)37(35,36)23(24,25)26/h4-7,12-13,17H,8-10H2,1-3H3,(H2,28,32)(H,29,30)(H,33,34). The maximum Gasteiger partial charge on any atom is 0.501 e. The number of carbonyl (C=O) groups excluding carboxylic acids is 1. The van der Waals surface area contributed by atoms with Crippen LogP contribution >= 0.6 is 0 Å². The van der Waals surface area contributed by atoms with Gasteiger partial charge in [-0.05, 0) is 48.9 Å². The summed E-state index contributed by atoms with van der Waals surface area (Å²) in [6.07, 6.45) is 1.94. The molecule has 1 amide bonds. The number of anilines is 2. The zero-order valence-electron chi connectivity index (χ0n) is 20.2. The Morgan fingerprint density at radius 1 is 1.24 bits per heavy atom. The average Bonchev–Trinajstić information content (AvgIpc) is 3.21. The molecule has 3 unspecified atom stereocenters. The van der Waals surface area contributed by atoms with Gasteiger partial charge in [-0.2, -0.15) is 23.5 Å². The van der Waals surface area contributed by atoms with Gasteiger partial charge >= 0.3 is 11.5 Å². The van der Waals surface area contributed by atoms with Crippen LogP contribution in [0.15, 0.2) is 35.4 Å². The first-order chi connectivity index (χ1) is 16.9. The summed E-state index contributed by atoms with van der Waals surface area (Å²) in [5, 5.41) is 26.9. The Morgan fingerprint density at radius 2 is 1.84 bits per heavy atom. The van der Waals surface area contributed by atoms with Crippen LogP contribution in [-0.2, 0) is 14.6 Å². The Morgan fingerprint density at radius 3 is 2.30 bits per heavy atom. The van der Waals surface area contributed by atoms with E-state index < -0.39 is 54.9 Å². The Labute approximate surface area is 211 Å². The number of nitrogens with zero attached hydrogens (tertiary/aromatic N) is 3. The smallest absolute Gasteiger partial charge is 0.481 e. The third-order valence-corrected chi connectivity index (χ3v) is 8.48. The lowest BCUT2D eigenvalue weighted by Gasteiger charge is -2.47. The number of carbonyl (C=O) groups is 2. The normalized spacial score (nSPS) is 22.7. The molecule has 1 fully saturated rings. The van der Waals surface area contributed by atoms with Crippen molar-refractivity contribution in [1.82, 2.24) is 9.78 Å². The maximum atomic E-state index is 12.8. The molecule has 1 saturated carbocycles. The van der Waals surface area contributed by atoms with E-state index in [0.717, 1.165) is 24.3 Å². The topological polar surface area (TPSA) is 168 Å². The quantitative estimate of drug-likeness (QED) is 0.493. The second-order valence-corrected chi connectivity index (χ2v) is 12.0. The Hall–Kier alpha value is -3.60. The van der Waals surface area contributed by atoms with Gasteiger partial charge in [-0.15, -0.1) is 0 Å². The number of hydrogen-bond donors (Lipinski definition) is 3. The van der Waals surface area contributed by atoms with Crippen molar-refractivity contribution >= 4 is 33.2 Å². The molecule has 0 bridgehead atoms. The third kappa shape index (κ3) is 5.00. The molecule has 3 rings (SSSR count). The van der Waals surface area contributed by atoms with Crippen molar-refractivity contribution in [3.63, 3.8) is 0 Å². The van der Waals surface area contributed by atoms with Crippen LogP contribution in [0.4, 0.5) is 24.7 Å². The first-order valence-corrected chi connectivity index (χ1v) is 12.6. The summed E-state index contributed by atoms with van der Waals surface area (Å²) in [5.41, 5.74) is -1.69. The molecule has 1 heterocycles. The molecule has 14 heteroatoms. The van der Waals surface area contributed by atoms with Crippen LogP contribution in [0, 0.1) is 28.1 Å². The summed E-state index contributed by atoms with van der Waals surface area (Å²) in [6.45, 7) is 5.42. The van der Waals surface area contributed by atoms with E-state index in [1.165, 1.54) is 10.9 Å². The molecule has 0 aliphatic heterocycles. The predicted octanol–water partition coefficient (Wildman–Crippen LogP) is 4.00. The second kappa shape index (κ2) is 9.37. The molecule has 4 N–H and O–H groups in total. The van der Waals surface area contributed by atoms with Gasteiger partial charge in [-0.25, -0.2) is 8.42 Å². The van der Waals surface area contributed by atoms with Crippen molar-refractivity contribution in [2.75, 3.05) is 5.32 Å². The van der Waals surface area contributed by atoms with Crippen LogP contribution in [0.2, 0.25) is 0 Å². The summed E-state index contributed by atoms with van der Waals surface area (Å²) in [6, 6.07) is 5.27. The van der Waals surface area contributed by atoms with Gasteiger partial charge < -0.3 is 16.2 Å². The summed E-state index contributed by atoms with van der Waals surface area (Å²) in [7, 11) is -5.53. The van der Waals surface area contributed by atoms with E-state index in [1.54, 1.807) is 0 Å². The lowest BCUT2D eigenvalue weighted by atomic mass is 9.56. The molecule has 0 radical (unpaired) electrons. The first-order valence-electron chi connectivity index (χ1n) is 11.1. The van der Waals surface area contributed by atoms with Gasteiger partial charge in [-0.1, -0.05) is 20.8 Å². The number of halogens is 3. The van der Waals surface area contributed by atoms with Crippen LogP contribution in [0.3, 0.4) is 0 Å². The zero-order valence-corrected chi connectivity index (χ0v) is 21.0. The monoisotopic (exact) mass is 541 g/mol. The fourth-order valence-electron chi connectivity index (χ4n) is 4.68. The summed E-state index contributed by atoms with van der Waals surface area (Å²) < 4.78 is 62.9. The van der Waals surface area contributed by atoms with Crippen molar-refractivity contribution in [2.24, 2.45) is 22.5 Å². The second-order valence-electron chi connectivity index (χ2n) is 10.0. The highest BCUT2D eigenvalue weighted by Crippen LogP contribution is 2.54. The van der Waals surface area contributed by atoms with Crippen LogP contribution in [-0.4, -0.2) is 40.7 Å². The van der Waals surface area contributed by atoms with Gasteiger partial charge in [0.1, 0.15) is 5.56 Å². The van der Waals surface area contributed by atoms with Crippen molar-refractivity contribution < 1.29 is 36.3 Å². The number of aromatic nitrogens is 2. The van der Waals surface area contributed by atoms with E-state index in [4.69, 9.17) is 5.73 Å².